The molecule has 16 heavy (non-hydrogen) atoms. The molecule has 1 aromatic rings. The Morgan fingerprint density at radius 1 is 1.56 bits per heavy atom. The molecule has 0 aliphatic rings. The molecule has 0 atom stereocenters. The Hall–Kier alpha value is -1.47. The molecule has 0 saturated carbocycles. The number of hydrogen-bond acceptors (Lipinski definition) is 3. The summed E-state index contributed by atoms with van der Waals surface area (Å²) in [6, 6.07) is 1.75. The molecule has 0 amide bonds. The number of aromatic amines is 1. The highest BCUT2D eigenvalue weighted by molar-refractivity contribution is 8.13. The van der Waals surface area contributed by atoms with E-state index < -0.39 is 0 Å². The van der Waals surface area contributed by atoms with E-state index in [4.69, 9.17) is 0 Å². The van der Waals surface area contributed by atoms with Gasteiger partial charge in [-0.25, -0.2) is 0 Å². The van der Waals surface area contributed by atoms with Gasteiger partial charge in [-0.3, -0.25) is 9.59 Å². The maximum Gasteiger partial charge on any atom is 0.250 e. The molecule has 0 aliphatic heterocycles. The minimum Gasteiger partial charge on any atom is -0.328 e. The van der Waals surface area contributed by atoms with Gasteiger partial charge in [-0.15, -0.1) is 0 Å². The summed E-state index contributed by atoms with van der Waals surface area (Å²) in [6.07, 6.45) is 2.27. The fourth-order valence-corrected chi connectivity index (χ4v) is 1.57. The zero-order valence-corrected chi connectivity index (χ0v) is 10.1. The quantitative estimate of drug-likeness (QED) is 0.627. The summed E-state index contributed by atoms with van der Waals surface area (Å²) in [4.78, 5) is 24.3. The molecule has 0 unspecified atom stereocenters. The molecule has 84 valence electrons. The van der Waals surface area contributed by atoms with Crippen molar-refractivity contribution in [2.24, 2.45) is 0 Å². The van der Waals surface area contributed by atoms with Crippen molar-refractivity contribution >= 4 is 16.9 Å². The van der Waals surface area contributed by atoms with E-state index in [0.29, 0.717) is 17.7 Å². The molecule has 0 spiro atoms. The molecule has 3 nitrogen and oxygen atoms in total. The zero-order chi connectivity index (χ0) is 12.0. The van der Waals surface area contributed by atoms with Gasteiger partial charge in [0, 0.05) is 36.4 Å². The van der Waals surface area contributed by atoms with E-state index in [2.05, 4.69) is 16.8 Å². The Morgan fingerprint density at radius 2 is 2.31 bits per heavy atom. The molecule has 1 N–H and O–H groups in total. The highest BCUT2D eigenvalue weighted by Crippen LogP contribution is 2.02. The average molecular weight is 235 g/mol. The van der Waals surface area contributed by atoms with Crippen LogP contribution in [0.2, 0.25) is 0 Å². The number of aromatic nitrogens is 1. The number of nitrogens with one attached hydrogen (secondary N) is 1. The van der Waals surface area contributed by atoms with E-state index in [1.54, 1.807) is 26.1 Å². The second-order valence-corrected chi connectivity index (χ2v) is 4.56. The molecular formula is C12H13NO2S. The van der Waals surface area contributed by atoms with Crippen molar-refractivity contribution in [3.63, 3.8) is 0 Å². The van der Waals surface area contributed by atoms with Crippen LogP contribution < -0.4 is 5.56 Å². The van der Waals surface area contributed by atoms with Gasteiger partial charge in [-0.2, -0.15) is 0 Å². The lowest BCUT2D eigenvalue weighted by atomic mass is 10.2. The van der Waals surface area contributed by atoms with Crippen molar-refractivity contribution in [3.05, 3.63) is 33.7 Å². The van der Waals surface area contributed by atoms with E-state index in [0.717, 1.165) is 5.56 Å². The molecule has 0 aliphatic carbocycles. The Balaban J connectivity index is 2.53. The fraction of sp³-hybridized carbons (Fsp3) is 0.333. The van der Waals surface area contributed by atoms with Crippen LogP contribution in [-0.2, 0) is 4.79 Å². The fourth-order valence-electron chi connectivity index (χ4n) is 1.08. The van der Waals surface area contributed by atoms with Crippen molar-refractivity contribution in [1.82, 2.24) is 4.98 Å². The maximum atomic E-state index is 11.1. The number of pyridine rings is 1. The average Bonchev–Trinajstić information content (AvgIpc) is 2.22. The molecule has 0 aromatic carbocycles. The van der Waals surface area contributed by atoms with Crippen LogP contribution in [0.25, 0.3) is 0 Å². The lowest BCUT2D eigenvalue weighted by Gasteiger charge is -1.92. The van der Waals surface area contributed by atoms with E-state index in [1.807, 2.05) is 0 Å². The van der Waals surface area contributed by atoms with E-state index in [9.17, 15) is 9.59 Å². The highest BCUT2D eigenvalue weighted by atomic mass is 32.2. The second-order valence-electron chi connectivity index (χ2n) is 3.29. The summed E-state index contributed by atoms with van der Waals surface area (Å²) in [7, 11) is 0. The van der Waals surface area contributed by atoms with Crippen LogP contribution in [0.4, 0.5) is 0 Å². The van der Waals surface area contributed by atoms with Gasteiger partial charge in [0.2, 0.25) is 0 Å². The van der Waals surface area contributed by atoms with Crippen molar-refractivity contribution in [1.29, 1.82) is 0 Å². The molecule has 1 heterocycles. The molecule has 0 bridgehead atoms. The van der Waals surface area contributed by atoms with Crippen LogP contribution in [0.15, 0.2) is 17.1 Å². The molecule has 0 radical (unpaired) electrons. The minimum atomic E-state index is -0.0855. The summed E-state index contributed by atoms with van der Waals surface area (Å²) < 4.78 is 0. The van der Waals surface area contributed by atoms with Crippen molar-refractivity contribution in [2.45, 2.75) is 20.3 Å². The number of carbonyl (C=O) groups excluding carboxylic acids is 1. The number of aryl methyl sites for hydroxylation is 1. The van der Waals surface area contributed by atoms with Crippen LogP contribution in [0.3, 0.4) is 0 Å². The summed E-state index contributed by atoms with van der Waals surface area (Å²) in [6.45, 7) is 3.29. The molecule has 1 aromatic heterocycles. The molecule has 1 rings (SSSR count). The van der Waals surface area contributed by atoms with Crippen LogP contribution in [-0.4, -0.2) is 15.9 Å². The van der Waals surface area contributed by atoms with E-state index in [1.165, 1.54) is 11.8 Å². The number of rotatable bonds is 2. The van der Waals surface area contributed by atoms with Gasteiger partial charge >= 0.3 is 0 Å². The van der Waals surface area contributed by atoms with Crippen LogP contribution in [0.5, 0.6) is 0 Å². The lowest BCUT2D eigenvalue weighted by Crippen LogP contribution is -2.08. The lowest BCUT2D eigenvalue weighted by molar-refractivity contribution is -0.109. The largest absolute Gasteiger partial charge is 0.328 e. The normalized spacial score (nSPS) is 9.38. The van der Waals surface area contributed by atoms with Crippen LogP contribution in [0, 0.1) is 18.8 Å². The minimum absolute atomic E-state index is 0.0855. The summed E-state index contributed by atoms with van der Waals surface area (Å²) in [5.41, 5.74) is 1.37. The SMILES string of the molecule is CC(=O)SCCC#Cc1c[nH]c(=O)c(C)c1. The number of H-pyrrole nitrogens is 1. The Morgan fingerprint density at radius 3 is 2.94 bits per heavy atom. The molecule has 0 saturated heterocycles. The first-order chi connectivity index (χ1) is 7.59. The van der Waals surface area contributed by atoms with Crippen molar-refractivity contribution in [2.75, 3.05) is 5.75 Å². The number of carbonyl (C=O) groups is 1. The van der Waals surface area contributed by atoms with E-state index in [-0.39, 0.29) is 10.7 Å². The predicted octanol–water partition coefficient (Wildman–Crippen LogP) is 1.70. The van der Waals surface area contributed by atoms with Crippen LogP contribution >= 0.6 is 11.8 Å². The maximum absolute atomic E-state index is 11.1. The topological polar surface area (TPSA) is 49.9 Å². The standard InChI is InChI=1S/C12H13NO2S/c1-9-7-11(8-13-12(9)15)5-3-4-6-16-10(2)14/h7-8H,4,6H2,1-2H3,(H,13,15). The van der Waals surface area contributed by atoms with E-state index >= 15 is 0 Å². The third-order valence-corrected chi connectivity index (χ3v) is 2.67. The van der Waals surface area contributed by atoms with Gasteiger partial charge in [0.1, 0.15) is 0 Å². The smallest absolute Gasteiger partial charge is 0.250 e. The van der Waals surface area contributed by atoms with Gasteiger partial charge in [-0.05, 0) is 13.0 Å². The number of hydrogen-bond donors (Lipinski definition) is 1. The summed E-state index contributed by atoms with van der Waals surface area (Å²) >= 11 is 1.27. The van der Waals surface area contributed by atoms with Gasteiger partial charge < -0.3 is 4.98 Å². The highest BCUT2D eigenvalue weighted by Gasteiger charge is 1.93. The first-order valence-corrected chi connectivity index (χ1v) is 5.89. The summed E-state index contributed by atoms with van der Waals surface area (Å²) in [5.74, 6) is 6.61. The van der Waals surface area contributed by atoms with Crippen molar-refractivity contribution in [3.8, 4) is 11.8 Å². The first kappa shape index (κ1) is 12.6. The van der Waals surface area contributed by atoms with Gasteiger partial charge in [0.25, 0.3) is 5.56 Å². The van der Waals surface area contributed by atoms with Gasteiger partial charge in [-0.1, -0.05) is 23.6 Å². The first-order valence-electron chi connectivity index (χ1n) is 4.91. The zero-order valence-electron chi connectivity index (χ0n) is 9.29. The Bertz CT molecular complexity index is 494. The monoisotopic (exact) mass is 235 g/mol. The predicted molar refractivity (Wildman–Crippen MR) is 66.4 cm³/mol. The van der Waals surface area contributed by atoms with Crippen molar-refractivity contribution < 1.29 is 4.79 Å². The Kier molecular flexibility index (Phi) is 4.87. The third kappa shape index (κ3) is 4.37. The second kappa shape index (κ2) is 6.19. The number of thioether (sulfide) groups is 1. The Labute approximate surface area is 98.7 Å². The van der Waals surface area contributed by atoms with Gasteiger partial charge in [0.05, 0.1) is 0 Å². The van der Waals surface area contributed by atoms with Gasteiger partial charge in [0.15, 0.2) is 5.12 Å². The van der Waals surface area contributed by atoms with Crippen LogP contribution in [0.1, 0.15) is 24.5 Å². The molecule has 4 heteroatoms. The summed E-state index contributed by atoms with van der Waals surface area (Å²) in [5, 5.41) is 0.113. The third-order valence-electron chi connectivity index (χ3n) is 1.85. The molecule has 0 fully saturated rings. The molecular weight excluding hydrogens is 222 g/mol.